The Hall–Kier alpha value is -1.56. The Labute approximate surface area is 157 Å². The van der Waals surface area contributed by atoms with Gasteiger partial charge in [0.05, 0.1) is 18.3 Å². The van der Waals surface area contributed by atoms with Gasteiger partial charge < -0.3 is 14.8 Å². The standard InChI is InChI=1S/C18H21Cl2NO4/c1-10(2)24-6-7-25-18(23)17-11(3)21-16(22)9-14(17)13-5-4-12(19)8-15(13)20/h4-5,8,10,14H,6-7,9H2,1-3H3,(H,21,22). The molecule has 0 saturated heterocycles. The van der Waals surface area contributed by atoms with Crippen molar-refractivity contribution >= 4 is 35.1 Å². The zero-order valence-corrected chi connectivity index (χ0v) is 15.9. The summed E-state index contributed by atoms with van der Waals surface area (Å²) in [5.41, 5.74) is 1.54. The molecular weight excluding hydrogens is 365 g/mol. The predicted octanol–water partition coefficient (Wildman–Crippen LogP) is 3.84. The maximum atomic E-state index is 12.6. The molecule has 1 atom stereocenters. The van der Waals surface area contributed by atoms with E-state index in [1.165, 1.54) is 0 Å². The number of halogens is 2. The second-order valence-electron chi connectivity index (χ2n) is 6.06. The molecule has 0 aliphatic carbocycles. The van der Waals surface area contributed by atoms with Crippen LogP contribution in [0.4, 0.5) is 0 Å². The van der Waals surface area contributed by atoms with E-state index in [0.29, 0.717) is 33.5 Å². The van der Waals surface area contributed by atoms with E-state index in [0.717, 1.165) is 0 Å². The van der Waals surface area contributed by atoms with Gasteiger partial charge in [-0.15, -0.1) is 0 Å². The summed E-state index contributed by atoms with van der Waals surface area (Å²) in [4.78, 5) is 24.5. The van der Waals surface area contributed by atoms with E-state index in [9.17, 15) is 9.59 Å². The minimum atomic E-state index is -0.485. The topological polar surface area (TPSA) is 64.6 Å². The summed E-state index contributed by atoms with van der Waals surface area (Å²) in [6.07, 6.45) is 0.181. The number of hydrogen-bond acceptors (Lipinski definition) is 4. The van der Waals surface area contributed by atoms with Crippen LogP contribution in [-0.4, -0.2) is 31.2 Å². The number of esters is 1. The van der Waals surface area contributed by atoms with Crippen molar-refractivity contribution < 1.29 is 19.1 Å². The zero-order valence-electron chi connectivity index (χ0n) is 14.4. The summed E-state index contributed by atoms with van der Waals surface area (Å²) < 4.78 is 10.7. The number of carbonyl (C=O) groups excluding carboxylic acids is 2. The van der Waals surface area contributed by atoms with Crippen LogP contribution in [0.3, 0.4) is 0 Å². The first-order chi connectivity index (χ1) is 11.8. The van der Waals surface area contributed by atoms with E-state index >= 15 is 0 Å². The van der Waals surface area contributed by atoms with Crippen LogP contribution in [0.5, 0.6) is 0 Å². The third kappa shape index (κ3) is 5.21. The lowest BCUT2D eigenvalue weighted by atomic mass is 9.84. The van der Waals surface area contributed by atoms with Crippen LogP contribution < -0.4 is 5.32 Å². The highest BCUT2D eigenvalue weighted by molar-refractivity contribution is 6.35. The Bertz CT molecular complexity index is 700. The first-order valence-corrected chi connectivity index (χ1v) is 8.79. The lowest BCUT2D eigenvalue weighted by Crippen LogP contribution is -2.34. The molecule has 1 aliphatic rings. The highest BCUT2D eigenvalue weighted by atomic mass is 35.5. The average molecular weight is 386 g/mol. The fourth-order valence-electron chi connectivity index (χ4n) is 2.72. The Balaban J connectivity index is 2.23. The van der Waals surface area contributed by atoms with Gasteiger partial charge in [0.2, 0.25) is 5.91 Å². The van der Waals surface area contributed by atoms with E-state index in [-0.39, 0.29) is 25.0 Å². The number of rotatable bonds is 6. The average Bonchev–Trinajstić information content (AvgIpc) is 2.50. The summed E-state index contributed by atoms with van der Waals surface area (Å²) in [5.74, 6) is -1.13. The van der Waals surface area contributed by atoms with Crippen molar-refractivity contribution in [2.24, 2.45) is 0 Å². The summed E-state index contributed by atoms with van der Waals surface area (Å²) in [7, 11) is 0. The Morgan fingerprint density at radius 2 is 2.04 bits per heavy atom. The number of allylic oxidation sites excluding steroid dienone is 1. The second-order valence-corrected chi connectivity index (χ2v) is 6.91. The van der Waals surface area contributed by atoms with Crippen LogP contribution >= 0.6 is 23.2 Å². The fourth-order valence-corrected chi connectivity index (χ4v) is 3.26. The number of carbonyl (C=O) groups is 2. The van der Waals surface area contributed by atoms with E-state index in [1.807, 2.05) is 13.8 Å². The van der Waals surface area contributed by atoms with Crippen LogP contribution in [0.1, 0.15) is 38.7 Å². The molecule has 0 fully saturated rings. The smallest absolute Gasteiger partial charge is 0.336 e. The molecule has 1 aromatic rings. The van der Waals surface area contributed by atoms with Gasteiger partial charge in [0.15, 0.2) is 0 Å². The van der Waals surface area contributed by atoms with Crippen molar-refractivity contribution in [1.29, 1.82) is 0 Å². The lowest BCUT2D eigenvalue weighted by molar-refractivity contribution is -0.141. The zero-order chi connectivity index (χ0) is 18.6. The predicted molar refractivity (Wildman–Crippen MR) is 96.7 cm³/mol. The summed E-state index contributed by atoms with van der Waals surface area (Å²) in [6.45, 7) is 5.94. The van der Waals surface area contributed by atoms with E-state index in [4.69, 9.17) is 32.7 Å². The molecule has 5 nitrogen and oxygen atoms in total. The summed E-state index contributed by atoms with van der Waals surface area (Å²) in [6, 6.07) is 5.01. The van der Waals surface area contributed by atoms with Crippen molar-refractivity contribution in [1.82, 2.24) is 5.32 Å². The van der Waals surface area contributed by atoms with E-state index < -0.39 is 11.9 Å². The van der Waals surface area contributed by atoms with Crippen molar-refractivity contribution in [2.45, 2.75) is 39.2 Å². The van der Waals surface area contributed by atoms with Crippen molar-refractivity contribution in [3.63, 3.8) is 0 Å². The van der Waals surface area contributed by atoms with Gasteiger partial charge in [0, 0.05) is 28.1 Å². The van der Waals surface area contributed by atoms with Gasteiger partial charge in [-0.1, -0.05) is 29.3 Å². The number of ether oxygens (including phenoxy) is 2. The van der Waals surface area contributed by atoms with Crippen LogP contribution in [0.15, 0.2) is 29.5 Å². The van der Waals surface area contributed by atoms with Gasteiger partial charge in [-0.3, -0.25) is 4.79 Å². The van der Waals surface area contributed by atoms with Crippen LogP contribution in [-0.2, 0) is 19.1 Å². The van der Waals surface area contributed by atoms with Gasteiger partial charge in [0.25, 0.3) is 0 Å². The maximum absolute atomic E-state index is 12.6. The minimum absolute atomic E-state index is 0.0641. The van der Waals surface area contributed by atoms with Crippen LogP contribution in [0.25, 0.3) is 0 Å². The monoisotopic (exact) mass is 385 g/mol. The molecule has 1 aromatic carbocycles. The number of hydrogen-bond donors (Lipinski definition) is 1. The minimum Gasteiger partial charge on any atom is -0.460 e. The van der Waals surface area contributed by atoms with Gasteiger partial charge in [-0.05, 0) is 38.5 Å². The lowest BCUT2D eigenvalue weighted by Gasteiger charge is -2.27. The van der Waals surface area contributed by atoms with E-state index in [2.05, 4.69) is 5.32 Å². The van der Waals surface area contributed by atoms with Crippen LogP contribution in [0, 0.1) is 0 Å². The normalized spacial score (nSPS) is 17.7. The summed E-state index contributed by atoms with van der Waals surface area (Å²) in [5, 5.41) is 3.59. The largest absolute Gasteiger partial charge is 0.460 e. The highest BCUT2D eigenvalue weighted by Gasteiger charge is 2.33. The molecule has 25 heavy (non-hydrogen) atoms. The molecule has 1 amide bonds. The Morgan fingerprint density at radius 1 is 1.32 bits per heavy atom. The number of benzene rings is 1. The van der Waals surface area contributed by atoms with E-state index in [1.54, 1.807) is 25.1 Å². The van der Waals surface area contributed by atoms with Crippen molar-refractivity contribution in [3.8, 4) is 0 Å². The maximum Gasteiger partial charge on any atom is 0.336 e. The first-order valence-electron chi connectivity index (χ1n) is 8.04. The third-order valence-electron chi connectivity index (χ3n) is 3.79. The second kappa shape index (κ2) is 8.70. The highest BCUT2D eigenvalue weighted by Crippen LogP contribution is 2.37. The summed E-state index contributed by atoms with van der Waals surface area (Å²) >= 11 is 12.2. The molecule has 7 heteroatoms. The molecule has 1 unspecified atom stereocenters. The molecule has 0 radical (unpaired) electrons. The molecule has 0 saturated carbocycles. The molecule has 1 aliphatic heterocycles. The molecule has 2 rings (SSSR count). The van der Waals surface area contributed by atoms with Gasteiger partial charge in [0.1, 0.15) is 6.61 Å². The Morgan fingerprint density at radius 3 is 2.68 bits per heavy atom. The molecule has 0 spiro atoms. The fraction of sp³-hybridized carbons (Fsp3) is 0.444. The molecule has 1 heterocycles. The van der Waals surface area contributed by atoms with Gasteiger partial charge in [-0.25, -0.2) is 4.79 Å². The molecule has 0 bridgehead atoms. The number of nitrogens with one attached hydrogen (secondary N) is 1. The molecule has 1 N–H and O–H groups in total. The first kappa shape index (κ1) is 19.8. The molecule has 0 aromatic heterocycles. The molecular formula is C18H21Cl2NO4. The number of amides is 1. The Kier molecular flexibility index (Phi) is 6.87. The van der Waals surface area contributed by atoms with Crippen LogP contribution in [0.2, 0.25) is 10.0 Å². The molecule has 136 valence electrons. The van der Waals surface area contributed by atoms with Crippen molar-refractivity contribution in [3.05, 3.63) is 45.1 Å². The quantitative estimate of drug-likeness (QED) is 0.596. The van der Waals surface area contributed by atoms with Crippen molar-refractivity contribution in [2.75, 3.05) is 13.2 Å². The van der Waals surface area contributed by atoms with Gasteiger partial charge >= 0.3 is 5.97 Å². The third-order valence-corrected chi connectivity index (χ3v) is 4.36. The van der Waals surface area contributed by atoms with Gasteiger partial charge in [-0.2, -0.15) is 0 Å². The SMILES string of the molecule is CC1=C(C(=O)OCCOC(C)C)C(c2ccc(Cl)cc2Cl)CC(=O)N1.